The zero-order chi connectivity index (χ0) is 20.6. The molecule has 0 saturated heterocycles. The molecular formula is C21H20N2O5S. The number of nitrogens with zero attached hydrogens (tertiary/aromatic N) is 1. The highest BCUT2D eigenvalue weighted by Crippen LogP contribution is 2.45. The third-order valence-corrected chi connectivity index (χ3v) is 6.59. The van der Waals surface area contributed by atoms with Crippen LogP contribution in [-0.2, 0) is 19.6 Å². The Hall–Kier alpha value is -2.97. The molecule has 4 rings (SSSR count). The largest absolute Gasteiger partial charge is 0.452 e. The van der Waals surface area contributed by atoms with Gasteiger partial charge in [0.05, 0.1) is 6.42 Å². The Kier molecular flexibility index (Phi) is 4.97. The van der Waals surface area contributed by atoms with Crippen molar-refractivity contribution in [2.75, 3.05) is 6.54 Å². The minimum atomic E-state index is -3.81. The number of hydrogen-bond acceptors (Lipinski definition) is 6. The lowest BCUT2D eigenvalue weighted by molar-refractivity contribution is -0.147. The van der Waals surface area contributed by atoms with Crippen LogP contribution in [0.3, 0.4) is 0 Å². The van der Waals surface area contributed by atoms with Gasteiger partial charge in [0.2, 0.25) is 10.0 Å². The number of benzene rings is 2. The molecule has 1 N–H and O–H groups in total. The van der Waals surface area contributed by atoms with Gasteiger partial charge in [-0.25, -0.2) is 13.1 Å². The quantitative estimate of drug-likeness (QED) is 0.624. The van der Waals surface area contributed by atoms with Crippen molar-refractivity contribution in [2.24, 2.45) is 0 Å². The molecule has 7 nitrogen and oxygen atoms in total. The predicted molar refractivity (Wildman–Crippen MR) is 106 cm³/mol. The molecule has 150 valence electrons. The Balaban J connectivity index is 1.43. The minimum Gasteiger partial charge on any atom is -0.452 e. The number of carbonyl (C=O) groups is 1. The van der Waals surface area contributed by atoms with Crippen molar-refractivity contribution >= 4 is 16.0 Å². The van der Waals surface area contributed by atoms with Crippen molar-refractivity contribution in [2.45, 2.75) is 31.3 Å². The number of aromatic nitrogens is 1. The van der Waals surface area contributed by atoms with Crippen molar-refractivity contribution in [1.29, 1.82) is 0 Å². The van der Waals surface area contributed by atoms with Crippen molar-refractivity contribution in [3.8, 4) is 11.1 Å². The summed E-state index contributed by atoms with van der Waals surface area (Å²) in [4.78, 5) is 12.4. The number of esters is 1. The smallest absolute Gasteiger partial charge is 0.308 e. The molecule has 2 aromatic carbocycles. The fourth-order valence-electron chi connectivity index (χ4n) is 3.64. The summed E-state index contributed by atoms with van der Waals surface area (Å²) in [6.07, 6.45) is -0.585. The fourth-order valence-corrected chi connectivity index (χ4v) is 5.00. The lowest BCUT2D eigenvalue weighted by Gasteiger charge is -2.15. The lowest BCUT2D eigenvalue weighted by Crippen LogP contribution is -2.27. The minimum absolute atomic E-state index is 0.00418. The van der Waals surface area contributed by atoms with Gasteiger partial charge in [-0.05, 0) is 25.0 Å². The summed E-state index contributed by atoms with van der Waals surface area (Å²) in [5, 5.41) is 3.65. The Labute approximate surface area is 168 Å². The van der Waals surface area contributed by atoms with Crippen LogP contribution in [0.5, 0.6) is 0 Å². The summed E-state index contributed by atoms with van der Waals surface area (Å²) in [6, 6.07) is 15.6. The van der Waals surface area contributed by atoms with Gasteiger partial charge in [-0.3, -0.25) is 4.79 Å². The first-order chi connectivity index (χ1) is 13.9. The second-order valence-corrected chi connectivity index (χ2v) is 8.55. The molecule has 0 atom stereocenters. The molecule has 1 aliphatic carbocycles. The normalized spacial score (nSPS) is 13.2. The van der Waals surface area contributed by atoms with Crippen LogP contribution in [-0.4, -0.2) is 26.1 Å². The van der Waals surface area contributed by atoms with E-state index in [9.17, 15) is 13.2 Å². The number of aryl methyl sites for hydroxylation is 2. The van der Waals surface area contributed by atoms with Gasteiger partial charge in [0.1, 0.15) is 10.6 Å². The molecule has 0 aliphatic heterocycles. The van der Waals surface area contributed by atoms with E-state index in [1.165, 1.54) is 6.92 Å². The molecule has 3 aromatic rings. The van der Waals surface area contributed by atoms with E-state index in [-0.39, 0.29) is 29.3 Å². The lowest BCUT2D eigenvalue weighted by atomic mass is 10.1. The standard InChI is InChI=1S/C21H20N2O5S/c1-13-21(14(2)28-23-13)29(25,26)22-12-11-19(24)27-20-17-9-5-3-7-15(17)16-8-4-6-10-18(16)20/h3-10,20,22H,11-12H2,1-2H3. The maximum Gasteiger partial charge on any atom is 0.308 e. The summed E-state index contributed by atoms with van der Waals surface area (Å²) in [6.45, 7) is 2.99. The molecule has 29 heavy (non-hydrogen) atoms. The molecule has 1 aromatic heterocycles. The van der Waals surface area contributed by atoms with Crippen LogP contribution >= 0.6 is 0 Å². The van der Waals surface area contributed by atoms with Crippen LogP contribution in [0, 0.1) is 13.8 Å². The SMILES string of the molecule is Cc1noc(C)c1S(=O)(=O)NCCC(=O)OC1c2ccccc2-c2ccccc21. The summed E-state index contributed by atoms with van der Waals surface area (Å²) >= 11 is 0. The third-order valence-electron chi connectivity index (χ3n) is 4.88. The molecule has 8 heteroatoms. The topological polar surface area (TPSA) is 98.5 Å². The molecule has 0 saturated carbocycles. The van der Waals surface area contributed by atoms with E-state index in [2.05, 4.69) is 9.88 Å². The Morgan fingerprint density at radius 1 is 1.07 bits per heavy atom. The third kappa shape index (κ3) is 3.56. The molecule has 0 spiro atoms. The first kappa shape index (κ1) is 19.4. The van der Waals surface area contributed by atoms with Crippen LogP contribution in [0.25, 0.3) is 11.1 Å². The van der Waals surface area contributed by atoms with Crippen molar-refractivity contribution in [3.63, 3.8) is 0 Å². The van der Waals surface area contributed by atoms with E-state index in [0.717, 1.165) is 22.3 Å². The van der Waals surface area contributed by atoms with Crippen LogP contribution in [0.15, 0.2) is 57.9 Å². The average Bonchev–Trinajstić information content (AvgIpc) is 3.20. The number of rotatable bonds is 6. The van der Waals surface area contributed by atoms with Crippen molar-refractivity contribution in [1.82, 2.24) is 9.88 Å². The van der Waals surface area contributed by atoms with Crippen LogP contribution < -0.4 is 4.72 Å². The zero-order valence-corrected chi connectivity index (χ0v) is 16.8. The Morgan fingerprint density at radius 2 is 1.66 bits per heavy atom. The zero-order valence-electron chi connectivity index (χ0n) is 16.0. The highest BCUT2D eigenvalue weighted by molar-refractivity contribution is 7.89. The Bertz CT molecular complexity index is 1120. The Morgan fingerprint density at radius 3 is 2.21 bits per heavy atom. The van der Waals surface area contributed by atoms with Gasteiger partial charge in [0.25, 0.3) is 0 Å². The van der Waals surface area contributed by atoms with Gasteiger partial charge in [-0.2, -0.15) is 0 Å². The van der Waals surface area contributed by atoms with E-state index < -0.39 is 22.1 Å². The molecule has 0 bridgehead atoms. The highest BCUT2D eigenvalue weighted by atomic mass is 32.2. The highest BCUT2D eigenvalue weighted by Gasteiger charge is 2.31. The first-order valence-corrected chi connectivity index (χ1v) is 10.7. The van der Waals surface area contributed by atoms with Gasteiger partial charge >= 0.3 is 5.97 Å². The molecule has 1 heterocycles. The number of hydrogen-bond donors (Lipinski definition) is 1. The van der Waals surface area contributed by atoms with Gasteiger partial charge in [0.15, 0.2) is 11.9 Å². The predicted octanol–water partition coefficient (Wildman–Crippen LogP) is 3.27. The van der Waals surface area contributed by atoms with E-state index in [0.29, 0.717) is 0 Å². The number of nitrogens with one attached hydrogen (secondary N) is 1. The molecule has 1 aliphatic rings. The first-order valence-electron chi connectivity index (χ1n) is 9.18. The van der Waals surface area contributed by atoms with Crippen LogP contribution in [0.1, 0.15) is 35.1 Å². The molecule has 0 radical (unpaired) electrons. The average molecular weight is 412 g/mol. The number of sulfonamides is 1. The summed E-state index contributed by atoms with van der Waals surface area (Å²) in [5.41, 5.74) is 4.22. The second kappa shape index (κ2) is 7.46. The van der Waals surface area contributed by atoms with E-state index >= 15 is 0 Å². The number of ether oxygens (including phenoxy) is 1. The van der Waals surface area contributed by atoms with Gasteiger partial charge in [-0.1, -0.05) is 53.7 Å². The fraction of sp³-hybridized carbons (Fsp3) is 0.238. The number of fused-ring (bicyclic) bond motifs is 3. The van der Waals surface area contributed by atoms with Crippen LogP contribution in [0.2, 0.25) is 0 Å². The maximum absolute atomic E-state index is 12.4. The van der Waals surface area contributed by atoms with E-state index in [1.54, 1.807) is 6.92 Å². The maximum atomic E-state index is 12.4. The molecule has 0 unspecified atom stereocenters. The second-order valence-electron chi connectivity index (χ2n) is 6.85. The monoisotopic (exact) mass is 412 g/mol. The van der Waals surface area contributed by atoms with Gasteiger partial charge in [-0.15, -0.1) is 0 Å². The van der Waals surface area contributed by atoms with Gasteiger partial charge < -0.3 is 9.26 Å². The van der Waals surface area contributed by atoms with E-state index in [4.69, 9.17) is 9.26 Å². The molecule has 0 fully saturated rings. The van der Waals surface area contributed by atoms with Crippen molar-refractivity contribution < 1.29 is 22.5 Å². The molecular weight excluding hydrogens is 392 g/mol. The summed E-state index contributed by atoms with van der Waals surface area (Å²) in [5.74, 6) is -0.278. The molecule has 0 amide bonds. The van der Waals surface area contributed by atoms with Gasteiger partial charge in [0, 0.05) is 17.7 Å². The van der Waals surface area contributed by atoms with E-state index in [1.807, 2.05) is 48.5 Å². The van der Waals surface area contributed by atoms with Crippen molar-refractivity contribution in [3.05, 3.63) is 71.1 Å². The number of carbonyl (C=O) groups excluding carboxylic acids is 1. The summed E-state index contributed by atoms with van der Waals surface area (Å²) < 4.78 is 37.9. The van der Waals surface area contributed by atoms with Crippen LogP contribution in [0.4, 0.5) is 0 Å². The summed E-state index contributed by atoms with van der Waals surface area (Å²) in [7, 11) is -3.81.